The summed E-state index contributed by atoms with van der Waals surface area (Å²) in [4.78, 5) is 13.9. The minimum atomic E-state index is -4.62. The van der Waals surface area contributed by atoms with E-state index in [4.69, 9.17) is 39.5 Å². The van der Waals surface area contributed by atoms with Gasteiger partial charge in [-0.2, -0.15) is 39.5 Å². The van der Waals surface area contributed by atoms with Crippen LogP contribution in [0, 0.1) is 20.8 Å². The maximum Gasteiger partial charge on any atom is 0.417 e. The highest BCUT2D eigenvalue weighted by molar-refractivity contribution is 6.32. The Morgan fingerprint density at radius 1 is 0.631 bits per heavy atom. The Morgan fingerprint density at radius 3 is 1.69 bits per heavy atom. The van der Waals surface area contributed by atoms with E-state index in [1.165, 1.54) is 36.4 Å². The summed E-state index contributed by atoms with van der Waals surface area (Å²) >= 11 is 16.7. The average molecular weight is 973 g/mol. The van der Waals surface area contributed by atoms with Crippen molar-refractivity contribution in [3.05, 3.63) is 174 Å². The van der Waals surface area contributed by atoms with Crippen LogP contribution in [0.15, 0.2) is 109 Å². The second-order valence-corrected chi connectivity index (χ2v) is 15.6. The molecule has 0 unspecified atom stereocenters. The van der Waals surface area contributed by atoms with Gasteiger partial charge in [0, 0.05) is 34.7 Å². The molecule has 344 valence electrons. The molecule has 0 saturated carbocycles. The lowest BCUT2D eigenvalue weighted by molar-refractivity contribution is -0.138. The van der Waals surface area contributed by atoms with Crippen LogP contribution in [0.5, 0.6) is 17.2 Å². The Hall–Kier alpha value is -5.97. The van der Waals surface area contributed by atoms with Gasteiger partial charge in [0.25, 0.3) is 5.91 Å². The van der Waals surface area contributed by atoms with Gasteiger partial charge >= 0.3 is 18.5 Å². The fourth-order valence-corrected chi connectivity index (χ4v) is 7.09. The Balaban J connectivity index is 0.000000183. The monoisotopic (exact) mass is 971 g/mol. The Bertz CT molecular complexity index is 2630. The molecule has 0 saturated heterocycles. The van der Waals surface area contributed by atoms with E-state index in [2.05, 4.69) is 10.6 Å². The minimum Gasteiger partial charge on any atom is -0.508 e. The molecule has 7 rings (SSSR count). The molecule has 0 bridgehead atoms. The van der Waals surface area contributed by atoms with Crippen LogP contribution < -0.4 is 20.3 Å². The van der Waals surface area contributed by atoms with Crippen molar-refractivity contribution in [3.63, 3.8) is 0 Å². The predicted molar refractivity (Wildman–Crippen MR) is 233 cm³/mol. The van der Waals surface area contributed by atoms with Crippen molar-refractivity contribution in [2.75, 3.05) is 22.3 Å². The number of aromatic hydroxyl groups is 2. The summed E-state index contributed by atoms with van der Waals surface area (Å²) in [6, 6.07) is 25.9. The van der Waals surface area contributed by atoms with E-state index in [0.29, 0.717) is 23.4 Å². The summed E-state index contributed by atoms with van der Waals surface area (Å²) in [6.45, 7) is 6.31. The number of alkyl halides is 9. The summed E-state index contributed by atoms with van der Waals surface area (Å²) in [5.74, 6) is -0.0673. The van der Waals surface area contributed by atoms with E-state index >= 15 is 0 Å². The molecular formula is C46H37Cl3F9N3O4. The molecule has 4 N–H and O–H groups in total. The van der Waals surface area contributed by atoms with E-state index < -0.39 is 46.1 Å². The first-order valence-electron chi connectivity index (χ1n) is 19.0. The molecule has 0 fully saturated rings. The summed E-state index contributed by atoms with van der Waals surface area (Å²) in [5, 5.41) is 23.6. The third-order valence-corrected chi connectivity index (χ3v) is 10.8. The molecule has 0 spiro atoms. The maximum absolute atomic E-state index is 13.0. The van der Waals surface area contributed by atoms with E-state index in [0.717, 1.165) is 46.7 Å². The predicted octanol–water partition coefficient (Wildman–Crippen LogP) is 14.6. The number of nitrogens with one attached hydrogen (secondary N) is 2. The number of phenolic OH excluding ortho intramolecular Hbond substituents is 2. The molecule has 1 aliphatic rings. The largest absolute Gasteiger partial charge is 0.508 e. The number of amides is 1. The topological polar surface area (TPSA) is 94.1 Å². The van der Waals surface area contributed by atoms with E-state index in [1.54, 1.807) is 36.1 Å². The zero-order valence-electron chi connectivity index (χ0n) is 34.2. The van der Waals surface area contributed by atoms with Crippen LogP contribution in [0.3, 0.4) is 0 Å². The van der Waals surface area contributed by atoms with Crippen molar-refractivity contribution in [2.24, 2.45) is 0 Å². The summed E-state index contributed by atoms with van der Waals surface area (Å²) in [7, 11) is 0. The number of phenols is 2. The molecule has 0 atom stereocenters. The zero-order chi connectivity index (χ0) is 48.0. The Kier molecular flexibility index (Phi) is 15.8. The second kappa shape index (κ2) is 20.5. The van der Waals surface area contributed by atoms with E-state index in [-0.39, 0.29) is 51.8 Å². The molecule has 65 heavy (non-hydrogen) atoms. The number of hydrogen-bond donors (Lipinski definition) is 4. The van der Waals surface area contributed by atoms with Crippen LogP contribution >= 0.6 is 34.8 Å². The number of ether oxygens (including phenoxy) is 1. The highest BCUT2D eigenvalue weighted by Crippen LogP contribution is 2.40. The van der Waals surface area contributed by atoms with Crippen molar-refractivity contribution in [2.45, 2.75) is 52.4 Å². The third-order valence-electron chi connectivity index (χ3n) is 9.85. The number of benzene rings is 6. The summed E-state index contributed by atoms with van der Waals surface area (Å²) in [6.07, 6.45) is -13.6. The SMILES string of the molecule is Cc1cccc(O)c1C(=O)Nc1ccc(Cl)c(C(F)(F)F)c1.Cc1cccc(O)c1CNc1ccc(Cl)c(C(F)(F)F)c1.Cc1cccc2c1CN(c1ccc(Cl)c(C(F)(F)F)c1)CO2. The third kappa shape index (κ3) is 12.9. The molecule has 0 aromatic heterocycles. The molecule has 1 heterocycles. The van der Waals surface area contributed by atoms with Gasteiger partial charge in [0.1, 0.15) is 17.2 Å². The first-order chi connectivity index (χ1) is 30.3. The van der Waals surface area contributed by atoms with Gasteiger partial charge in [-0.1, -0.05) is 71.2 Å². The van der Waals surface area contributed by atoms with E-state index in [9.17, 15) is 54.5 Å². The molecule has 19 heteroatoms. The Morgan fingerprint density at radius 2 is 1.12 bits per heavy atom. The number of carbonyl (C=O) groups is 1. The minimum absolute atomic E-state index is 0.00556. The second-order valence-electron chi connectivity index (χ2n) is 14.4. The fourth-order valence-electron chi connectivity index (χ4n) is 6.41. The van der Waals surface area contributed by atoms with Crippen LogP contribution in [-0.2, 0) is 31.6 Å². The van der Waals surface area contributed by atoms with Crippen LogP contribution in [0.4, 0.5) is 56.6 Å². The number of anilines is 3. The van der Waals surface area contributed by atoms with Crippen molar-refractivity contribution in [3.8, 4) is 17.2 Å². The van der Waals surface area contributed by atoms with Crippen molar-refractivity contribution in [1.29, 1.82) is 0 Å². The zero-order valence-corrected chi connectivity index (χ0v) is 36.5. The van der Waals surface area contributed by atoms with Gasteiger partial charge in [0.2, 0.25) is 0 Å². The number of nitrogens with zero attached hydrogens (tertiary/aromatic N) is 1. The molecule has 6 aromatic rings. The Labute approximate surface area is 381 Å². The lowest BCUT2D eigenvalue weighted by Crippen LogP contribution is -2.32. The number of hydrogen-bond acceptors (Lipinski definition) is 6. The smallest absolute Gasteiger partial charge is 0.417 e. The lowest BCUT2D eigenvalue weighted by Gasteiger charge is -2.32. The van der Waals surface area contributed by atoms with Crippen LogP contribution in [0.1, 0.15) is 54.9 Å². The number of aryl methyl sites for hydroxylation is 3. The normalized spacial score (nSPS) is 12.4. The highest BCUT2D eigenvalue weighted by Gasteiger charge is 2.36. The van der Waals surface area contributed by atoms with Gasteiger partial charge in [0.05, 0.1) is 43.9 Å². The summed E-state index contributed by atoms with van der Waals surface area (Å²) in [5.41, 5.74) is 1.93. The number of rotatable bonds is 6. The van der Waals surface area contributed by atoms with Crippen molar-refractivity contribution < 1.29 is 59.3 Å². The lowest BCUT2D eigenvalue weighted by atomic mass is 10.1. The van der Waals surface area contributed by atoms with Gasteiger partial charge in [-0.3, -0.25) is 4.79 Å². The quantitative estimate of drug-likeness (QED) is 0.124. The molecule has 1 aliphatic heterocycles. The van der Waals surface area contributed by atoms with Gasteiger partial charge in [-0.25, -0.2) is 0 Å². The van der Waals surface area contributed by atoms with Crippen molar-refractivity contribution >= 4 is 57.8 Å². The van der Waals surface area contributed by atoms with Crippen LogP contribution in [0.2, 0.25) is 15.1 Å². The standard InChI is InChI=1S/C16H13ClF3NO.C15H11ClF3NO2.C15H13ClF3NO/c1-10-3-2-4-15-12(10)8-21(9-22-15)11-5-6-14(17)13(7-11)16(18,19)20;1-8-3-2-4-12(21)13(8)14(22)20-9-5-6-11(16)10(7-9)15(17,18)19;1-9-3-2-4-14(21)11(9)8-20-10-5-6-13(16)12(7-10)15(17,18)19/h2-7H,8-9H2,1H3;2-7,21H,1H3,(H,20,22);2-7,20-21H,8H2,1H3. The first-order valence-corrected chi connectivity index (χ1v) is 20.2. The van der Waals surface area contributed by atoms with Crippen LogP contribution in [-0.4, -0.2) is 22.9 Å². The molecule has 6 aromatic carbocycles. The average Bonchev–Trinajstić information content (AvgIpc) is 3.21. The maximum atomic E-state index is 13.0. The van der Waals surface area contributed by atoms with Crippen molar-refractivity contribution in [1.82, 2.24) is 0 Å². The van der Waals surface area contributed by atoms with Gasteiger partial charge in [-0.15, -0.1) is 0 Å². The summed E-state index contributed by atoms with van der Waals surface area (Å²) < 4.78 is 121. The number of fused-ring (bicyclic) bond motifs is 1. The van der Waals surface area contributed by atoms with Crippen LogP contribution in [0.25, 0.3) is 0 Å². The van der Waals surface area contributed by atoms with Gasteiger partial charge in [0.15, 0.2) is 6.73 Å². The molecule has 0 aliphatic carbocycles. The number of carbonyl (C=O) groups excluding carboxylic acids is 1. The first kappa shape index (κ1) is 50.0. The number of halogens is 12. The highest BCUT2D eigenvalue weighted by atomic mass is 35.5. The van der Waals surface area contributed by atoms with E-state index in [1.807, 2.05) is 38.1 Å². The van der Waals surface area contributed by atoms with Gasteiger partial charge < -0.3 is 30.5 Å². The molecule has 1 amide bonds. The van der Waals surface area contributed by atoms with Gasteiger partial charge in [-0.05, 0) is 110 Å². The molecular weight excluding hydrogens is 936 g/mol. The molecule has 7 nitrogen and oxygen atoms in total. The molecule has 0 radical (unpaired) electrons. The fraction of sp³-hybridized carbons (Fsp3) is 0.196.